The lowest BCUT2D eigenvalue weighted by molar-refractivity contribution is 0.245. The monoisotopic (exact) mass is 515 g/mol. The Morgan fingerprint density at radius 1 is 0.943 bits per heavy atom. The summed E-state index contributed by atoms with van der Waals surface area (Å²) in [5.41, 5.74) is 4.46. The topological polar surface area (TPSA) is 93.4 Å². The van der Waals surface area contributed by atoms with E-state index in [-0.39, 0.29) is 24.4 Å². The Hall–Kier alpha value is -2.42. The average molecular weight is 516 g/mol. The van der Waals surface area contributed by atoms with E-state index in [1.165, 1.54) is 16.7 Å². The summed E-state index contributed by atoms with van der Waals surface area (Å²) in [7, 11) is -2.13. The number of halogens is 1. The molecule has 0 spiro atoms. The summed E-state index contributed by atoms with van der Waals surface area (Å²) in [5, 5.41) is 8.95. The van der Waals surface area contributed by atoms with E-state index in [9.17, 15) is 8.42 Å². The molecule has 0 saturated heterocycles. The summed E-state index contributed by atoms with van der Waals surface area (Å²) in [6.07, 6.45) is 3.61. The SMILES string of the molecule is COc1cccc(C2(CNS(N)(=O)=O)CCC(NCc3ccc(-c4ccccc4)cc3)CC2)c1.Cl. The van der Waals surface area contributed by atoms with Gasteiger partial charge in [-0.3, -0.25) is 0 Å². The van der Waals surface area contributed by atoms with Crippen LogP contribution in [-0.2, 0) is 22.2 Å². The minimum Gasteiger partial charge on any atom is -0.497 e. The maximum atomic E-state index is 11.6. The molecule has 0 bridgehead atoms. The van der Waals surface area contributed by atoms with Crippen LogP contribution in [0.25, 0.3) is 11.1 Å². The van der Waals surface area contributed by atoms with Gasteiger partial charge in [0.2, 0.25) is 0 Å². The van der Waals surface area contributed by atoms with Crippen molar-refractivity contribution in [3.63, 3.8) is 0 Å². The third-order valence-corrected chi connectivity index (χ3v) is 7.44. The average Bonchev–Trinajstić information content (AvgIpc) is 2.87. The highest BCUT2D eigenvalue weighted by atomic mass is 35.5. The van der Waals surface area contributed by atoms with Crippen molar-refractivity contribution in [3.8, 4) is 16.9 Å². The summed E-state index contributed by atoms with van der Waals surface area (Å²) < 4.78 is 31.2. The van der Waals surface area contributed by atoms with E-state index < -0.39 is 10.2 Å². The van der Waals surface area contributed by atoms with Crippen LogP contribution in [0, 0.1) is 0 Å². The van der Waals surface area contributed by atoms with Crippen molar-refractivity contribution in [1.82, 2.24) is 10.0 Å². The Bertz CT molecular complexity index is 1180. The standard InChI is InChI=1S/C27H33N3O3S.ClH/c1-33-26-9-5-8-24(18-26)27(20-30-34(28,31)32)16-14-25(15-17-27)29-19-21-10-12-23(13-11-21)22-6-3-2-4-7-22;/h2-13,18,25,29-30H,14-17,19-20H2,1H3,(H2,28,31,32);1H. The highest BCUT2D eigenvalue weighted by molar-refractivity contribution is 7.87. The second-order valence-electron chi connectivity index (χ2n) is 9.10. The second-order valence-corrected chi connectivity index (χ2v) is 10.5. The van der Waals surface area contributed by atoms with Gasteiger partial charge in [0.05, 0.1) is 7.11 Å². The van der Waals surface area contributed by atoms with Crippen LogP contribution in [0.3, 0.4) is 0 Å². The van der Waals surface area contributed by atoms with Crippen LogP contribution in [0.2, 0.25) is 0 Å². The summed E-state index contributed by atoms with van der Waals surface area (Å²) in [5.74, 6) is 0.770. The minimum atomic E-state index is -3.77. The number of hydrogen-bond acceptors (Lipinski definition) is 4. The third kappa shape index (κ3) is 7.29. The quantitative estimate of drug-likeness (QED) is 0.390. The Kier molecular flexibility index (Phi) is 9.33. The van der Waals surface area contributed by atoms with Crippen molar-refractivity contribution in [2.75, 3.05) is 13.7 Å². The number of nitrogens with one attached hydrogen (secondary N) is 2. The molecule has 0 amide bonds. The molecule has 8 heteroatoms. The first kappa shape index (κ1) is 27.2. The molecule has 0 atom stereocenters. The molecule has 0 aliphatic heterocycles. The van der Waals surface area contributed by atoms with Crippen molar-refractivity contribution in [3.05, 3.63) is 90.0 Å². The van der Waals surface area contributed by atoms with Crippen LogP contribution in [0.15, 0.2) is 78.9 Å². The molecule has 0 aromatic heterocycles. The van der Waals surface area contributed by atoms with E-state index in [1.807, 2.05) is 24.3 Å². The Balaban J connectivity index is 0.00000342. The highest BCUT2D eigenvalue weighted by Crippen LogP contribution is 2.40. The fourth-order valence-corrected chi connectivity index (χ4v) is 5.32. The van der Waals surface area contributed by atoms with Crippen molar-refractivity contribution in [1.29, 1.82) is 0 Å². The van der Waals surface area contributed by atoms with Crippen molar-refractivity contribution >= 4 is 22.6 Å². The molecule has 1 aliphatic carbocycles. The largest absolute Gasteiger partial charge is 0.497 e. The first-order chi connectivity index (χ1) is 16.4. The molecule has 3 aromatic rings. The van der Waals surface area contributed by atoms with Gasteiger partial charge < -0.3 is 10.1 Å². The zero-order valence-corrected chi connectivity index (χ0v) is 21.6. The summed E-state index contributed by atoms with van der Waals surface area (Å²) in [4.78, 5) is 0. The van der Waals surface area contributed by atoms with Gasteiger partial charge in [0.15, 0.2) is 0 Å². The molecule has 35 heavy (non-hydrogen) atoms. The van der Waals surface area contributed by atoms with Gasteiger partial charge in [-0.25, -0.2) is 9.86 Å². The van der Waals surface area contributed by atoms with E-state index in [4.69, 9.17) is 9.88 Å². The van der Waals surface area contributed by atoms with E-state index in [0.717, 1.165) is 43.5 Å². The number of hydrogen-bond donors (Lipinski definition) is 3. The van der Waals surface area contributed by atoms with Gasteiger partial charge in [0.1, 0.15) is 5.75 Å². The van der Waals surface area contributed by atoms with Gasteiger partial charge in [-0.2, -0.15) is 8.42 Å². The Morgan fingerprint density at radius 2 is 1.60 bits per heavy atom. The molecule has 1 aliphatic rings. The predicted octanol–water partition coefficient (Wildman–Crippen LogP) is 4.55. The number of ether oxygens (including phenoxy) is 1. The van der Waals surface area contributed by atoms with Gasteiger partial charge in [-0.05, 0) is 60.1 Å². The molecule has 1 saturated carbocycles. The number of benzene rings is 3. The first-order valence-electron chi connectivity index (χ1n) is 11.7. The minimum absolute atomic E-state index is 0. The second kappa shape index (κ2) is 12.0. The zero-order chi connectivity index (χ0) is 24.0. The molecule has 0 heterocycles. The fourth-order valence-electron chi connectivity index (χ4n) is 4.84. The lowest BCUT2D eigenvalue weighted by Gasteiger charge is -2.41. The third-order valence-electron chi connectivity index (χ3n) is 6.89. The van der Waals surface area contributed by atoms with E-state index >= 15 is 0 Å². The lowest BCUT2D eigenvalue weighted by atomic mass is 9.68. The van der Waals surface area contributed by atoms with Crippen LogP contribution in [-0.4, -0.2) is 28.1 Å². The highest BCUT2D eigenvalue weighted by Gasteiger charge is 2.37. The summed E-state index contributed by atoms with van der Waals surface area (Å²) in [6, 6.07) is 27.4. The van der Waals surface area contributed by atoms with E-state index in [2.05, 4.69) is 64.6 Å². The van der Waals surface area contributed by atoms with Crippen LogP contribution >= 0.6 is 12.4 Å². The first-order valence-corrected chi connectivity index (χ1v) is 13.2. The van der Waals surface area contributed by atoms with Gasteiger partial charge in [0.25, 0.3) is 10.2 Å². The van der Waals surface area contributed by atoms with Crippen molar-refractivity contribution in [2.45, 2.75) is 43.7 Å². The van der Waals surface area contributed by atoms with Crippen LogP contribution in [0.5, 0.6) is 5.75 Å². The number of nitrogens with two attached hydrogens (primary N) is 1. The number of rotatable bonds is 9. The molecular weight excluding hydrogens is 482 g/mol. The molecule has 3 aromatic carbocycles. The maximum Gasteiger partial charge on any atom is 0.274 e. The molecule has 188 valence electrons. The molecule has 4 rings (SSSR count). The summed E-state index contributed by atoms with van der Waals surface area (Å²) >= 11 is 0. The molecule has 6 nitrogen and oxygen atoms in total. The van der Waals surface area contributed by atoms with Crippen LogP contribution in [0.4, 0.5) is 0 Å². The fraction of sp³-hybridized carbons (Fsp3) is 0.333. The van der Waals surface area contributed by atoms with Crippen molar-refractivity contribution < 1.29 is 13.2 Å². The molecule has 0 radical (unpaired) electrons. The molecule has 0 unspecified atom stereocenters. The maximum absolute atomic E-state index is 11.6. The van der Waals surface area contributed by atoms with E-state index in [1.54, 1.807) is 7.11 Å². The van der Waals surface area contributed by atoms with Crippen molar-refractivity contribution in [2.24, 2.45) is 5.14 Å². The molecule has 4 N–H and O–H groups in total. The summed E-state index contributed by atoms with van der Waals surface area (Å²) in [6.45, 7) is 1.09. The zero-order valence-electron chi connectivity index (χ0n) is 19.9. The Morgan fingerprint density at radius 3 is 2.23 bits per heavy atom. The van der Waals surface area contributed by atoms with Gasteiger partial charge >= 0.3 is 0 Å². The van der Waals surface area contributed by atoms with Crippen LogP contribution in [0.1, 0.15) is 36.8 Å². The molecule has 1 fully saturated rings. The Labute approximate surface area is 214 Å². The smallest absolute Gasteiger partial charge is 0.274 e. The van der Waals surface area contributed by atoms with Gasteiger partial charge in [0, 0.05) is 24.5 Å². The lowest BCUT2D eigenvalue weighted by Crippen LogP contribution is -2.47. The normalized spacial score (nSPS) is 20.1. The van der Waals surface area contributed by atoms with E-state index in [0.29, 0.717) is 6.04 Å². The van der Waals surface area contributed by atoms with Gasteiger partial charge in [-0.1, -0.05) is 66.7 Å². The van der Waals surface area contributed by atoms with Gasteiger partial charge in [-0.15, -0.1) is 12.4 Å². The predicted molar refractivity (Wildman–Crippen MR) is 144 cm³/mol. The number of methoxy groups -OCH3 is 1. The molecular formula is C27H34ClN3O3S. The van der Waals surface area contributed by atoms with Crippen LogP contribution < -0.4 is 19.9 Å².